The van der Waals surface area contributed by atoms with Crippen LogP contribution in [-0.4, -0.2) is 4.90 Å². The summed E-state index contributed by atoms with van der Waals surface area (Å²) < 4.78 is 0. The molecule has 112 valence electrons. The highest BCUT2D eigenvalue weighted by atomic mass is 15.4. The largest absolute Gasteiger partial charge is 0.339 e. The Balaban J connectivity index is 1.80. The van der Waals surface area contributed by atoms with Crippen LogP contribution in [0, 0.1) is 27.4 Å². The van der Waals surface area contributed by atoms with E-state index < -0.39 is 0 Å². The van der Waals surface area contributed by atoms with Gasteiger partial charge in [0.1, 0.15) is 0 Å². The second-order valence-corrected chi connectivity index (χ2v) is 6.01. The van der Waals surface area contributed by atoms with Crippen LogP contribution in [0.2, 0.25) is 0 Å². The van der Waals surface area contributed by atoms with E-state index in [1.807, 2.05) is 0 Å². The summed E-state index contributed by atoms with van der Waals surface area (Å²) in [5.74, 6) is 0. The average Bonchev–Trinajstić information content (AvgIpc) is 2.96. The van der Waals surface area contributed by atoms with Crippen molar-refractivity contribution in [2.24, 2.45) is 0 Å². The van der Waals surface area contributed by atoms with Crippen molar-refractivity contribution in [2.75, 3.05) is 4.90 Å². The Morgan fingerprint density at radius 3 is 2.18 bits per heavy atom. The molecule has 2 radical (unpaired) electrons. The van der Waals surface area contributed by atoms with Gasteiger partial charge in [-0.15, -0.1) is 0 Å². The Morgan fingerprint density at radius 1 is 0.909 bits per heavy atom. The molecular weight excluding hydrogens is 268 g/mol. The maximum Gasteiger partial charge on any atom is 0.213 e. The molecule has 0 amide bonds. The lowest BCUT2D eigenvalue weighted by atomic mass is 10.0. The molecule has 0 N–H and O–H groups in total. The van der Waals surface area contributed by atoms with E-state index in [2.05, 4.69) is 99.0 Å². The zero-order valence-electron chi connectivity index (χ0n) is 13.7. The zero-order valence-corrected chi connectivity index (χ0v) is 13.7. The summed E-state index contributed by atoms with van der Waals surface area (Å²) in [4.78, 5) is 4.23. The fourth-order valence-electron chi connectivity index (χ4n) is 3.11. The summed E-state index contributed by atoms with van der Waals surface area (Å²) in [6.07, 6.45) is 4.18. The summed E-state index contributed by atoms with van der Waals surface area (Å²) in [5, 5.41) is 0. The molecular formula is C20H22N2. The summed E-state index contributed by atoms with van der Waals surface area (Å²) in [6, 6.07) is 15.2. The van der Waals surface area contributed by atoms with Gasteiger partial charge >= 0.3 is 0 Å². The van der Waals surface area contributed by atoms with E-state index in [1.54, 1.807) is 0 Å². The van der Waals surface area contributed by atoms with Gasteiger partial charge in [0.15, 0.2) is 0 Å². The molecule has 0 saturated carbocycles. The molecule has 0 spiro atoms. The van der Waals surface area contributed by atoms with E-state index in [0.717, 1.165) is 0 Å². The Kier molecular flexibility index (Phi) is 3.93. The molecule has 2 aromatic carbocycles. The molecule has 1 unspecified atom stereocenters. The molecule has 3 rings (SSSR count). The highest BCUT2D eigenvalue weighted by molar-refractivity contribution is 5.64. The number of benzene rings is 2. The number of anilines is 1. The van der Waals surface area contributed by atoms with E-state index in [0.29, 0.717) is 0 Å². The minimum absolute atomic E-state index is 0.272. The van der Waals surface area contributed by atoms with Crippen molar-refractivity contribution >= 4 is 5.69 Å². The highest BCUT2D eigenvalue weighted by Crippen LogP contribution is 2.33. The van der Waals surface area contributed by atoms with Crippen molar-refractivity contribution < 1.29 is 0 Å². The first kappa shape index (κ1) is 14.7. The first-order valence-electron chi connectivity index (χ1n) is 7.71. The Bertz CT molecular complexity index is 665. The summed E-state index contributed by atoms with van der Waals surface area (Å²) >= 11 is 0. The van der Waals surface area contributed by atoms with Crippen LogP contribution >= 0.6 is 0 Å². The van der Waals surface area contributed by atoms with Crippen molar-refractivity contribution in [3.8, 4) is 0 Å². The van der Waals surface area contributed by atoms with Gasteiger partial charge in [0, 0.05) is 18.1 Å². The SMILES string of the molecule is Cc1cc(C)c(N2[C]N(C(C)c3ccccc3)C=C2)c(C)c1. The molecule has 22 heavy (non-hydrogen) atoms. The molecule has 2 nitrogen and oxygen atoms in total. The van der Waals surface area contributed by atoms with Crippen molar-refractivity contribution in [3.63, 3.8) is 0 Å². The normalized spacial score (nSPS) is 15.5. The summed E-state index contributed by atoms with van der Waals surface area (Å²) in [7, 11) is 0. The van der Waals surface area contributed by atoms with Crippen molar-refractivity contribution in [1.29, 1.82) is 0 Å². The molecule has 1 aliphatic rings. The van der Waals surface area contributed by atoms with Crippen LogP contribution in [0.5, 0.6) is 0 Å². The molecule has 0 aliphatic carbocycles. The van der Waals surface area contributed by atoms with Crippen LogP contribution in [0.4, 0.5) is 5.69 Å². The van der Waals surface area contributed by atoms with Crippen molar-refractivity contribution in [3.05, 3.63) is 83.8 Å². The zero-order chi connectivity index (χ0) is 15.7. The smallest absolute Gasteiger partial charge is 0.213 e. The Hall–Kier alpha value is -2.22. The van der Waals surface area contributed by atoms with Crippen molar-refractivity contribution in [2.45, 2.75) is 33.7 Å². The second-order valence-electron chi connectivity index (χ2n) is 6.01. The second kappa shape index (κ2) is 5.88. The fraction of sp³-hybridized carbons (Fsp3) is 0.250. The molecule has 0 fully saturated rings. The van der Waals surface area contributed by atoms with Gasteiger partial charge in [0.05, 0.1) is 6.04 Å². The summed E-state index contributed by atoms with van der Waals surface area (Å²) in [5.41, 5.74) is 6.38. The lowest BCUT2D eigenvalue weighted by Gasteiger charge is -2.27. The molecule has 0 bridgehead atoms. The molecule has 2 aromatic rings. The fourth-order valence-corrected chi connectivity index (χ4v) is 3.11. The van der Waals surface area contributed by atoms with Crippen molar-refractivity contribution in [1.82, 2.24) is 4.90 Å². The van der Waals surface area contributed by atoms with Gasteiger partial charge in [-0.3, -0.25) is 0 Å². The monoisotopic (exact) mass is 290 g/mol. The van der Waals surface area contributed by atoms with Gasteiger partial charge in [0.2, 0.25) is 6.67 Å². The molecule has 0 aromatic heterocycles. The first-order valence-corrected chi connectivity index (χ1v) is 7.71. The lowest BCUT2D eigenvalue weighted by Crippen LogP contribution is -2.22. The van der Waals surface area contributed by atoms with Crippen LogP contribution in [0.25, 0.3) is 0 Å². The average molecular weight is 290 g/mol. The predicted molar refractivity (Wildman–Crippen MR) is 92.2 cm³/mol. The predicted octanol–water partition coefficient (Wildman–Crippen LogP) is 4.96. The molecule has 1 aliphatic heterocycles. The number of aryl methyl sites for hydroxylation is 3. The van der Waals surface area contributed by atoms with Gasteiger partial charge in [-0.1, -0.05) is 48.0 Å². The molecule has 1 heterocycles. The van der Waals surface area contributed by atoms with Crippen LogP contribution in [0.15, 0.2) is 54.9 Å². The minimum Gasteiger partial charge on any atom is -0.339 e. The maximum atomic E-state index is 3.46. The van der Waals surface area contributed by atoms with Gasteiger partial charge in [0.25, 0.3) is 0 Å². The van der Waals surface area contributed by atoms with Crippen LogP contribution < -0.4 is 4.90 Å². The first-order chi connectivity index (χ1) is 10.6. The van der Waals surface area contributed by atoms with Crippen LogP contribution in [0.1, 0.15) is 35.2 Å². The van der Waals surface area contributed by atoms with Crippen LogP contribution in [0.3, 0.4) is 0 Å². The van der Waals surface area contributed by atoms with Crippen LogP contribution in [-0.2, 0) is 0 Å². The Labute approximate surface area is 133 Å². The van der Waals surface area contributed by atoms with Gasteiger partial charge in [-0.2, -0.15) is 0 Å². The highest BCUT2D eigenvalue weighted by Gasteiger charge is 2.23. The third-order valence-corrected chi connectivity index (χ3v) is 4.18. The molecule has 0 saturated heterocycles. The third kappa shape index (κ3) is 2.74. The van der Waals surface area contributed by atoms with Gasteiger partial charge in [-0.25, -0.2) is 0 Å². The molecule has 2 heteroatoms. The number of rotatable bonds is 3. The van der Waals surface area contributed by atoms with E-state index in [1.165, 1.54) is 27.9 Å². The third-order valence-electron chi connectivity index (χ3n) is 4.18. The topological polar surface area (TPSA) is 6.48 Å². The molecule has 1 atom stereocenters. The lowest BCUT2D eigenvalue weighted by molar-refractivity contribution is 0.372. The van der Waals surface area contributed by atoms with E-state index in [4.69, 9.17) is 0 Å². The van der Waals surface area contributed by atoms with E-state index in [9.17, 15) is 0 Å². The number of hydrogen-bond donors (Lipinski definition) is 0. The standard InChI is InChI=1S/C20H22N2/c1-15-12-16(2)20(17(3)13-15)22-11-10-21(14-22)18(4)19-8-6-5-7-9-19/h5-13,18H,1-4H3. The minimum atomic E-state index is 0.272. The summed E-state index contributed by atoms with van der Waals surface area (Å²) in [6.45, 7) is 12.1. The quantitative estimate of drug-likeness (QED) is 0.788. The van der Waals surface area contributed by atoms with Gasteiger partial charge in [-0.05, 0) is 44.4 Å². The van der Waals surface area contributed by atoms with E-state index in [-0.39, 0.29) is 6.04 Å². The number of hydrogen-bond acceptors (Lipinski definition) is 2. The van der Waals surface area contributed by atoms with Gasteiger partial charge < -0.3 is 9.80 Å². The number of nitrogens with zero attached hydrogens (tertiary/aromatic N) is 2. The van der Waals surface area contributed by atoms with E-state index >= 15 is 0 Å². The Morgan fingerprint density at radius 2 is 1.55 bits per heavy atom. The maximum absolute atomic E-state index is 3.46.